The number of rotatable bonds is 2. The second-order valence-corrected chi connectivity index (χ2v) is 6.33. The van der Waals surface area contributed by atoms with E-state index in [-0.39, 0.29) is 5.91 Å². The van der Waals surface area contributed by atoms with Gasteiger partial charge in [-0.3, -0.25) is 9.89 Å². The highest BCUT2D eigenvalue weighted by atomic mass is 16.2. The molecule has 1 saturated heterocycles. The van der Waals surface area contributed by atoms with E-state index in [0.29, 0.717) is 29.1 Å². The molecule has 5 heteroatoms. The van der Waals surface area contributed by atoms with Crippen LogP contribution in [0, 0.1) is 11.8 Å². The topological polar surface area (TPSA) is 75.0 Å². The van der Waals surface area contributed by atoms with Crippen LogP contribution in [-0.4, -0.2) is 34.1 Å². The van der Waals surface area contributed by atoms with Gasteiger partial charge in [0.2, 0.25) is 0 Å². The van der Waals surface area contributed by atoms with Crippen LogP contribution >= 0.6 is 0 Å². The molecule has 0 spiro atoms. The summed E-state index contributed by atoms with van der Waals surface area (Å²) in [6, 6.07) is 0. The van der Waals surface area contributed by atoms with Gasteiger partial charge in [-0.2, -0.15) is 5.10 Å². The summed E-state index contributed by atoms with van der Waals surface area (Å²) in [5.74, 6) is 1.58. The van der Waals surface area contributed by atoms with E-state index < -0.39 is 0 Å². The number of nitrogens with one attached hydrogen (secondary N) is 1. The molecule has 3 rings (SSSR count). The predicted molar refractivity (Wildman–Crippen MR) is 73.8 cm³/mol. The minimum Gasteiger partial charge on any atom is -0.395 e. The van der Waals surface area contributed by atoms with Crippen LogP contribution in [0.3, 0.4) is 0 Å². The lowest BCUT2D eigenvalue weighted by Crippen LogP contribution is -2.42. The SMILES string of the molecule is CC1CC(C)CN(C(=O)c2n[nH]c(C3CC3)c2N)C1. The normalized spacial score (nSPS) is 27.6. The molecular weight excluding hydrogens is 240 g/mol. The summed E-state index contributed by atoms with van der Waals surface area (Å²) >= 11 is 0. The van der Waals surface area contributed by atoms with Crippen molar-refractivity contribution in [3.8, 4) is 0 Å². The van der Waals surface area contributed by atoms with Crippen LogP contribution in [0.4, 0.5) is 5.69 Å². The Labute approximate surface area is 113 Å². The number of aromatic nitrogens is 2. The zero-order valence-corrected chi connectivity index (χ0v) is 11.6. The van der Waals surface area contributed by atoms with Crippen molar-refractivity contribution in [3.63, 3.8) is 0 Å². The molecular formula is C14H22N4O. The number of piperidine rings is 1. The molecule has 1 amide bonds. The molecule has 2 fully saturated rings. The summed E-state index contributed by atoms with van der Waals surface area (Å²) in [6.45, 7) is 6.02. The smallest absolute Gasteiger partial charge is 0.276 e. The zero-order valence-electron chi connectivity index (χ0n) is 11.6. The molecule has 5 nitrogen and oxygen atoms in total. The van der Waals surface area contributed by atoms with Gasteiger partial charge in [-0.1, -0.05) is 13.8 Å². The molecule has 1 aliphatic carbocycles. The molecule has 0 bridgehead atoms. The minimum atomic E-state index is -0.0148. The van der Waals surface area contributed by atoms with Gasteiger partial charge < -0.3 is 10.6 Å². The number of nitrogens with zero attached hydrogens (tertiary/aromatic N) is 2. The van der Waals surface area contributed by atoms with E-state index in [9.17, 15) is 4.79 Å². The van der Waals surface area contributed by atoms with Crippen molar-refractivity contribution in [2.75, 3.05) is 18.8 Å². The lowest BCUT2D eigenvalue weighted by molar-refractivity contribution is 0.0618. The summed E-state index contributed by atoms with van der Waals surface area (Å²) in [5, 5.41) is 7.12. The van der Waals surface area contributed by atoms with Crippen LogP contribution in [0.2, 0.25) is 0 Å². The van der Waals surface area contributed by atoms with E-state index in [4.69, 9.17) is 5.73 Å². The minimum absolute atomic E-state index is 0.0148. The summed E-state index contributed by atoms with van der Waals surface area (Å²) in [5.41, 5.74) is 8.03. The van der Waals surface area contributed by atoms with Gasteiger partial charge in [0, 0.05) is 19.0 Å². The van der Waals surface area contributed by atoms with Gasteiger partial charge in [-0.05, 0) is 31.1 Å². The summed E-state index contributed by atoms with van der Waals surface area (Å²) in [7, 11) is 0. The number of H-pyrrole nitrogens is 1. The van der Waals surface area contributed by atoms with Crippen molar-refractivity contribution >= 4 is 11.6 Å². The van der Waals surface area contributed by atoms with Gasteiger partial charge in [0.05, 0.1) is 11.4 Å². The Morgan fingerprint density at radius 3 is 2.53 bits per heavy atom. The maximum absolute atomic E-state index is 12.5. The fourth-order valence-corrected chi connectivity index (χ4v) is 3.19. The molecule has 1 saturated carbocycles. The number of likely N-dealkylation sites (tertiary alicyclic amines) is 1. The van der Waals surface area contributed by atoms with E-state index in [2.05, 4.69) is 24.0 Å². The first-order valence-corrected chi connectivity index (χ1v) is 7.19. The number of hydrogen-bond donors (Lipinski definition) is 2. The molecule has 1 aromatic heterocycles. The zero-order chi connectivity index (χ0) is 13.6. The second kappa shape index (κ2) is 4.54. The van der Waals surface area contributed by atoms with E-state index >= 15 is 0 Å². The van der Waals surface area contributed by atoms with Gasteiger partial charge in [0.25, 0.3) is 5.91 Å². The van der Waals surface area contributed by atoms with Gasteiger partial charge in [-0.25, -0.2) is 0 Å². The van der Waals surface area contributed by atoms with Crippen LogP contribution in [0.1, 0.15) is 55.2 Å². The van der Waals surface area contributed by atoms with E-state index in [1.807, 2.05) is 4.90 Å². The Kier molecular flexibility index (Phi) is 2.99. The number of carbonyl (C=O) groups excluding carboxylic acids is 1. The summed E-state index contributed by atoms with van der Waals surface area (Å²) < 4.78 is 0. The molecule has 0 aromatic carbocycles. The molecule has 1 aliphatic heterocycles. The Morgan fingerprint density at radius 1 is 1.32 bits per heavy atom. The second-order valence-electron chi connectivity index (χ2n) is 6.33. The van der Waals surface area contributed by atoms with Gasteiger partial charge in [0.1, 0.15) is 0 Å². The van der Waals surface area contributed by atoms with Crippen LogP contribution < -0.4 is 5.73 Å². The molecule has 104 valence electrons. The standard InChI is InChI=1S/C14H22N4O/c1-8-5-9(2)7-18(6-8)14(19)13-11(15)12(16-17-13)10-3-4-10/h8-10H,3-7,15H2,1-2H3,(H,16,17). The van der Waals surface area contributed by atoms with Gasteiger partial charge in [-0.15, -0.1) is 0 Å². The first kappa shape index (κ1) is 12.5. The third kappa shape index (κ3) is 2.33. The van der Waals surface area contributed by atoms with Gasteiger partial charge >= 0.3 is 0 Å². The highest BCUT2D eigenvalue weighted by Gasteiger charge is 2.33. The maximum Gasteiger partial charge on any atom is 0.276 e. The maximum atomic E-state index is 12.5. The number of anilines is 1. The van der Waals surface area contributed by atoms with E-state index in [0.717, 1.165) is 31.6 Å². The Morgan fingerprint density at radius 2 is 1.95 bits per heavy atom. The molecule has 2 unspecified atom stereocenters. The number of amides is 1. The number of carbonyl (C=O) groups is 1. The largest absolute Gasteiger partial charge is 0.395 e. The highest BCUT2D eigenvalue weighted by Crippen LogP contribution is 2.42. The number of aromatic amines is 1. The average molecular weight is 262 g/mol. The lowest BCUT2D eigenvalue weighted by Gasteiger charge is -2.34. The average Bonchev–Trinajstić information content (AvgIpc) is 3.11. The Bertz CT molecular complexity index is 482. The Hall–Kier alpha value is -1.52. The first-order chi connectivity index (χ1) is 9.06. The molecule has 1 aromatic rings. The highest BCUT2D eigenvalue weighted by molar-refractivity contribution is 5.97. The van der Waals surface area contributed by atoms with Crippen molar-refractivity contribution in [2.24, 2.45) is 11.8 Å². The molecule has 3 N–H and O–H groups in total. The molecule has 2 aliphatic rings. The van der Waals surface area contributed by atoms with Crippen LogP contribution in [-0.2, 0) is 0 Å². The number of nitrogens with two attached hydrogens (primary N) is 1. The third-order valence-corrected chi connectivity index (χ3v) is 4.18. The first-order valence-electron chi connectivity index (χ1n) is 7.19. The van der Waals surface area contributed by atoms with E-state index in [1.165, 1.54) is 6.42 Å². The fraction of sp³-hybridized carbons (Fsp3) is 0.714. The van der Waals surface area contributed by atoms with Crippen molar-refractivity contribution < 1.29 is 4.79 Å². The Balaban J connectivity index is 1.79. The van der Waals surface area contributed by atoms with Gasteiger partial charge in [0.15, 0.2) is 5.69 Å². The lowest BCUT2D eigenvalue weighted by atomic mass is 9.91. The van der Waals surface area contributed by atoms with Crippen LogP contribution in [0.15, 0.2) is 0 Å². The molecule has 0 radical (unpaired) electrons. The van der Waals surface area contributed by atoms with Crippen molar-refractivity contribution in [3.05, 3.63) is 11.4 Å². The van der Waals surface area contributed by atoms with Crippen LogP contribution in [0.25, 0.3) is 0 Å². The van der Waals surface area contributed by atoms with Crippen molar-refractivity contribution in [2.45, 2.75) is 39.0 Å². The third-order valence-electron chi connectivity index (χ3n) is 4.18. The molecule has 19 heavy (non-hydrogen) atoms. The number of hydrogen-bond acceptors (Lipinski definition) is 3. The fourth-order valence-electron chi connectivity index (χ4n) is 3.19. The van der Waals surface area contributed by atoms with Crippen LogP contribution in [0.5, 0.6) is 0 Å². The monoisotopic (exact) mass is 262 g/mol. The quantitative estimate of drug-likeness (QED) is 0.855. The molecule has 2 atom stereocenters. The predicted octanol–water partition coefficient (Wildman–Crippen LogP) is 1.99. The van der Waals surface area contributed by atoms with Crippen molar-refractivity contribution in [1.82, 2.24) is 15.1 Å². The molecule has 2 heterocycles. The van der Waals surface area contributed by atoms with E-state index in [1.54, 1.807) is 0 Å². The number of nitrogen functional groups attached to an aromatic ring is 1. The van der Waals surface area contributed by atoms with Crippen molar-refractivity contribution in [1.29, 1.82) is 0 Å². The summed E-state index contributed by atoms with van der Waals surface area (Å²) in [4.78, 5) is 14.4. The summed E-state index contributed by atoms with van der Waals surface area (Å²) in [6.07, 6.45) is 3.49.